The van der Waals surface area contributed by atoms with E-state index in [1.807, 2.05) is 0 Å². The Morgan fingerprint density at radius 1 is 1.17 bits per heavy atom. The van der Waals surface area contributed by atoms with Gasteiger partial charge in [0.05, 0.1) is 9.82 Å². The Morgan fingerprint density at radius 3 is 2.40 bits per heavy atom. The number of amides is 1. The van der Waals surface area contributed by atoms with Gasteiger partial charge in [0.25, 0.3) is 11.6 Å². The lowest BCUT2D eigenvalue weighted by atomic mass is 10.3. The van der Waals surface area contributed by atoms with Crippen LogP contribution in [0.15, 0.2) is 47.4 Å². The number of benzene rings is 2. The van der Waals surface area contributed by atoms with E-state index in [2.05, 4.69) is 5.32 Å². The highest BCUT2D eigenvalue weighted by Gasteiger charge is 2.24. The fourth-order valence-electron chi connectivity index (χ4n) is 2.17. The summed E-state index contributed by atoms with van der Waals surface area (Å²) in [5, 5.41) is 13.4. The second-order valence-electron chi connectivity index (χ2n) is 5.85. The van der Waals surface area contributed by atoms with Crippen LogP contribution < -0.4 is 5.32 Å². The van der Waals surface area contributed by atoms with Gasteiger partial charge in [0, 0.05) is 23.8 Å². The summed E-state index contributed by atoms with van der Waals surface area (Å²) in [7, 11) is -2.78. The fraction of sp³-hybridized carbons (Fsp3) is 0.176. The molecular weight excluding hydrogens is 461 g/mol. The van der Waals surface area contributed by atoms with E-state index in [0.29, 0.717) is 5.02 Å². The topological polar surface area (TPSA) is 136 Å². The molecule has 2 rings (SSSR count). The molecule has 0 spiro atoms. The Bertz CT molecular complexity index is 1080. The molecule has 0 aliphatic carbocycles. The largest absolute Gasteiger partial charge is 0.455 e. The number of nitro groups is 1. The first-order chi connectivity index (χ1) is 14.0. The molecule has 10 nitrogen and oxygen atoms in total. The minimum atomic E-state index is -3.96. The van der Waals surface area contributed by atoms with Crippen molar-refractivity contribution in [2.75, 3.05) is 25.5 Å². The number of anilines is 1. The molecule has 0 saturated carbocycles. The van der Waals surface area contributed by atoms with Gasteiger partial charge in [-0.1, -0.05) is 23.2 Å². The SMILES string of the molecule is CN(CC(=O)OCC(=O)Nc1ccc(Cl)c([N+](=O)[O-])c1)S(=O)(=O)c1ccc(Cl)cc1. The molecule has 0 radical (unpaired) electrons. The van der Waals surface area contributed by atoms with E-state index in [1.165, 1.54) is 43.4 Å². The molecule has 0 unspecified atom stereocenters. The number of sulfonamides is 1. The molecule has 0 saturated heterocycles. The average Bonchev–Trinajstić information content (AvgIpc) is 2.68. The molecule has 30 heavy (non-hydrogen) atoms. The summed E-state index contributed by atoms with van der Waals surface area (Å²) < 4.78 is 30.3. The smallest absolute Gasteiger partial charge is 0.321 e. The third kappa shape index (κ3) is 6.13. The first kappa shape index (κ1) is 23.5. The number of rotatable bonds is 8. The van der Waals surface area contributed by atoms with Crippen LogP contribution in [-0.2, 0) is 24.3 Å². The molecule has 2 aromatic rings. The number of nitrogens with one attached hydrogen (secondary N) is 1. The summed E-state index contributed by atoms with van der Waals surface area (Å²) >= 11 is 11.4. The van der Waals surface area contributed by atoms with E-state index in [-0.39, 0.29) is 15.6 Å². The van der Waals surface area contributed by atoms with Crippen LogP contribution >= 0.6 is 23.2 Å². The molecule has 0 aliphatic heterocycles. The van der Waals surface area contributed by atoms with Crippen LogP contribution in [0.4, 0.5) is 11.4 Å². The lowest BCUT2D eigenvalue weighted by Crippen LogP contribution is -2.34. The van der Waals surface area contributed by atoms with Crippen LogP contribution in [0.3, 0.4) is 0 Å². The van der Waals surface area contributed by atoms with Crippen LogP contribution in [0.5, 0.6) is 0 Å². The number of likely N-dealkylation sites (N-methyl/N-ethyl adjacent to an activating group) is 1. The van der Waals surface area contributed by atoms with Crippen molar-refractivity contribution in [3.05, 3.63) is 62.6 Å². The molecule has 160 valence electrons. The molecule has 0 aliphatic rings. The van der Waals surface area contributed by atoms with Gasteiger partial charge in [-0.15, -0.1) is 0 Å². The predicted molar refractivity (Wildman–Crippen MR) is 109 cm³/mol. The molecule has 0 bridgehead atoms. The predicted octanol–water partition coefficient (Wildman–Crippen LogP) is 2.70. The van der Waals surface area contributed by atoms with E-state index < -0.39 is 45.7 Å². The second kappa shape index (κ2) is 9.85. The maximum absolute atomic E-state index is 12.4. The highest BCUT2D eigenvalue weighted by molar-refractivity contribution is 7.89. The third-order valence-corrected chi connectivity index (χ3v) is 6.05. The second-order valence-corrected chi connectivity index (χ2v) is 8.74. The molecule has 0 atom stereocenters. The van der Waals surface area contributed by atoms with Gasteiger partial charge in [0.15, 0.2) is 6.61 Å². The van der Waals surface area contributed by atoms with Gasteiger partial charge in [0.2, 0.25) is 10.0 Å². The maximum Gasteiger partial charge on any atom is 0.321 e. The molecule has 13 heteroatoms. The first-order valence-corrected chi connectivity index (χ1v) is 10.3. The van der Waals surface area contributed by atoms with E-state index in [9.17, 15) is 28.1 Å². The normalized spacial score (nSPS) is 11.2. The van der Waals surface area contributed by atoms with Crippen molar-refractivity contribution in [2.45, 2.75) is 4.90 Å². The van der Waals surface area contributed by atoms with E-state index in [4.69, 9.17) is 27.9 Å². The summed E-state index contributed by atoms with van der Waals surface area (Å²) in [5.41, 5.74) is -0.324. The molecule has 0 aromatic heterocycles. The van der Waals surface area contributed by atoms with Gasteiger partial charge in [0.1, 0.15) is 11.6 Å². The molecule has 1 amide bonds. The van der Waals surface area contributed by atoms with Crippen molar-refractivity contribution < 1.29 is 27.7 Å². The first-order valence-electron chi connectivity index (χ1n) is 8.12. The molecule has 0 heterocycles. The number of carbonyl (C=O) groups excluding carboxylic acids is 2. The Hall–Kier alpha value is -2.73. The van der Waals surface area contributed by atoms with Gasteiger partial charge in [-0.3, -0.25) is 19.7 Å². The zero-order valence-electron chi connectivity index (χ0n) is 15.4. The van der Waals surface area contributed by atoms with Gasteiger partial charge in [-0.25, -0.2) is 8.42 Å². The van der Waals surface area contributed by atoms with Crippen molar-refractivity contribution in [2.24, 2.45) is 0 Å². The zero-order valence-corrected chi connectivity index (χ0v) is 17.7. The summed E-state index contributed by atoms with van der Waals surface area (Å²) in [4.78, 5) is 33.9. The van der Waals surface area contributed by atoms with Crippen molar-refractivity contribution in [1.82, 2.24) is 4.31 Å². The Balaban J connectivity index is 1.91. The quantitative estimate of drug-likeness (QED) is 0.352. The highest BCUT2D eigenvalue weighted by Crippen LogP contribution is 2.27. The van der Waals surface area contributed by atoms with Gasteiger partial charge >= 0.3 is 5.97 Å². The van der Waals surface area contributed by atoms with Crippen LogP contribution in [0.1, 0.15) is 0 Å². The van der Waals surface area contributed by atoms with Crippen molar-refractivity contribution in [1.29, 1.82) is 0 Å². The van der Waals surface area contributed by atoms with Crippen molar-refractivity contribution in [3.63, 3.8) is 0 Å². The van der Waals surface area contributed by atoms with Crippen molar-refractivity contribution in [3.8, 4) is 0 Å². The van der Waals surface area contributed by atoms with Crippen LogP contribution in [0.25, 0.3) is 0 Å². The third-order valence-electron chi connectivity index (χ3n) is 3.66. The number of nitro benzene ring substituents is 1. The van der Waals surface area contributed by atoms with Crippen LogP contribution in [0.2, 0.25) is 10.0 Å². The number of hydrogen-bond donors (Lipinski definition) is 1. The summed E-state index contributed by atoms with van der Waals surface area (Å²) in [6.07, 6.45) is 0. The standard InChI is InChI=1S/C17H15Cl2N3O7S/c1-21(30(27,28)13-5-2-11(18)3-6-13)9-17(24)29-10-16(23)20-12-4-7-14(19)15(8-12)22(25)26/h2-8H,9-10H2,1H3,(H,20,23). The monoisotopic (exact) mass is 475 g/mol. The Labute approximate surface area is 181 Å². The lowest BCUT2D eigenvalue weighted by molar-refractivity contribution is -0.384. The number of nitrogens with zero attached hydrogens (tertiary/aromatic N) is 2. The van der Waals surface area contributed by atoms with Gasteiger partial charge < -0.3 is 10.1 Å². The minimum absolute atomic E-state index is 0.0655. The number of esters is 1. The highest BCUT2D eigenvalue weighted by atomic mass is 35.5. The molecule has 0 fully saturated rings. The number of hydrogen-bond acceptors (Lipinski definition) is 7. The number of ether oxygens (including phenoxy) is 1. The average molecular weight is 476 g/mol. The van der Waals surface area contributed by atoms with Gasteiger partial charge in [-0.2, -0.15) is 4.31 Å². The summed E-state index contributed by atoms with van der Waals surface area (Å²) in [5.74, 6) is -1.74. The number of halogens is 2. The van der Waals surface area contributed by atoms with E-state index >= 15 is 0 Å². The fourth-order valence-corrected chi connectivity index (χ4v) is 3.60. The Morgan fingerprint density at radius 2 is 1.80 bits per heavy atom. The number of carbonyl (C=O) groups is 2. The van der Waals surface area contributed by atoms with Gasteiger partial charge in [-0.05, 0) is 36.4 Å². The minimum Gasteiger partial charge on any atom is -0.455 e. The zero-order chi connectivity index (χ0) is 22.5. The maximum atomic E-state index is 12.4. The molecule has 1 N–H and O–H groups in total. The van der Waals surface area contributed by atoms with Crippen molar-refractivity contribution >= 4 is 56.5 Å². The van der Waals surface area contributed by atoms with E-state index in [0.717, 1.165) is 10.4 Å². The lowest BCUT2D eigenvalue weighted by Gasteiger charge is -2.16. The van der Waals surface area contributed by atoms with Crippen LogP contribution in [-0.4, -0.2) is 49.7 Å². The molecular formula is C17H15Cl2N3O7S. The summed E-state index contributed by atoms with van der Waals surface area (Å²) in [6, 6.07) is 8.99. The van der Waals surface area contributed by atoms with Crippen LogP contribution in [0, 0.1) is 10.1 Å². The Kier molecular flexibility index (Phi) is 7.73. The summed E-state index contributed by atoms with van der Waals surface area (Å²) in [6.45, 7) is -1.35. The van der Waals surface area contributed by atoms with E-state index in [1.54, 1.807) is 0 Å². The molecule has 2 aromatic carbocycles.